The number of hydrogen-bond acceptors (Lipinski definition) is 2. The van der Waals surface area contributed by atoms with Crippen molar-refractivity contribution < 1.29 is 4.39 Å². The molecule has 0 heterocycles. The lowest BCUT2D eigenvalue weighted by Gasteiger charge is -2.32. The van der Waals surface area contributed by atoms with E-state index in [1.165, 1.54) is 44.2 Å². The Morgan fingerprint density at radius 2 is 2.05 bits per heavy atom. The van der Waals surface area contributed by atoms with Crippen molar-refractivity contribution in [3.05, 3.63) is 30.1 Å². The molecule has 19 heavy (non-hydrogen) atoms. The smallest absolute Gasteiger partial charge is 0.123 e. The van der Waals surface area contributed by atoms with Crippen LogP contribution in [0.5, 0.6) is 0 Å². The molecule has 3 atom stereocenters. The minimum Gasteiger partial charge on any atom is -0.327 e. The Bertz CT molecular complexity index is 379. The van der Waals surface area contributed by atoms with Crippen LogP contribution in [-0.2, 0) is 0 Å². The molecule has 0 amide bonds. The van der Waals surface area contributed by atoms with E-state index in [-0.39, 0.29) is 11.9 Å². The highest BCUT2D eigenvalue weighted by molar-refractivity contribution is 7.99. The molecule has 3 heteroatoms. The molecule has 2 N–H and O–H groups in total. The van der Waals surface area contributed by atoms with Crippen molar-refractivity contribution in [2.24, 2.45) is 17.6 Å². The van der Waals surface area contributed by atoms with Gasteiger partial charge in [0.25, 0.3) is 0 Å². The summed E-state index contributed by atoms with van der Waals surface area (Å²) < 4.78 is 12.8. The number of halogens is 1. The average Bonchev–Trinajstić information content (AvgIpc) is 2.46. The maximum absolute atomic E-state index is 12.8. The number of nitrogens with two attached hydrogens (primary N) is 1. The van der Waals surface area contributed by atoms with E-state index in [0.29, 0.717) is 5.92 Å². The summed E-state index contributed by atoms with van der Waals surface area (Å²) in [7, 11) is 0. The first kappa shape index (κ1) is 14.9. The molecule has 3 unspecified atom stereocenters. The van der Waals surface area contributed by atoms with Gasteiger partial charge in [-0.05, 0) is 48.9 Å². The van der Waals surface area contributed by atoms with Crippen LogP contribution in [0.3, 0.4) is 0 Å². The van der Waals surface area contributed by atoms with E-state index >= 15 is 0 Å². The van der Waals surface area contributed by atoms with E-state index in [0.717, 1.165) is 16.6 Å². The second-order valence-corrected chi connectivity index (χ2v) is 6.72. The van der Waals surface area contributed by atoms with Crippen LogP contribution in [0.25, 0.3) is 0 Å². The van der Waals surface area contributed by atoms with Crippen molar-refractivity contribution in [3.63, 3.8) is 0 Å². The lowest BCUT2D eigenvalue weighted by atomic mass is 9.77. The second kappa shape index (κ2) is 7.30. The molecule has 0 radical (unpaired) electrons. The predicted molar refractivity (Wildman–Crippen MR) is 80.8 cm³/mol. The molecule has 1 fully saturated rings. The summed E-state index contributed by atoms with van der Waals surface area (Å²) in [4.78, 5) is 1.11. The molecule has 0 aliphatic heterocycles. The Hall–Kier alpha value is -0.540. The standard InChI is InChI=1S/C16H24FNS/c1-2-12-4-3-5-13(10-12)16(18)11-19-15-8-6-14(17)7-9-15/h6-9,12-13,16H,2-5,10-11,18H2,1H3. The first-order chi connectivity index (χ1) is 9.19. The van der Waals surface area contributed by atoms with Gasteiger partial charge in [0.05, 0.1) is 0 Å². The second-order valence-electron chi connectivity index (χ2n) is 5.63. The predicted octanol–water partition coefficient (Wildman–Crippen LogP) is 4.46. The van der Waals surface area contributed by atoms with Gasteiger partial charge in [-0.2, -0.15) is 0 Å². The van der Waals surface area contributed by atoms with Crippen LogP contribution in [0.1, 0.15) is 39.0 Å². The van der Waals surface area contributed by atoms with Crippen LogP contribution in [0.4, 0.5) is 4.39 Å². The number of hydrogen-bond donors (Lipinski definition) is 1. The van der Waals surface area contributed by atoms with Gasteiger partial charge in [-0.1, -0.05) is 26.2 Å². The minimum atomic E-state index is -0.174. The van der Waals surface area contributed by atoms with Crippen LogP contribution in [0, 0.1) is 17.7 Å². The van der Waals surface area contributed by atoms with Crippen LogP contribution in [0.15, 0.2) is 29.2 Å². The van der Waals surface area contributed by atoms with Crippen molar-refractivity contribution in [1.82, 2.24) is 0 Å². The summed E-state index contributed by atoms with van der Waals surface area (Å²) >= 11 is 1.75. The van der Waals surface area contributed by atoms with Gasteiger partial charge in [0.1, 0.15) is 5.82 Å². The summed E-state index contributed by atoms with van der Waals surface area (Å²) in [6, 6.07) is 6.97. The average molecular weight is 281 g/mol. The molecule has 1 saturated carbocycles. The molecule has 2 rings (SSSR count). The Morgan fingerprint density at radius 1 is 1.32 bits per heavy atom. The van der Waals surface area contributed by atoms with Crippen LogP contribution < -0.4 is 5.73 Å². The topological polar surface area (TPSA) is 26.0 Å². The zero-order valence-corrected chi connectivity index (χ0v) is 12.5. The molecule has 1 aliphatic rings. The van der Waals surface area contributed by atoms with Crippen LogP contribution in [0.2, 0.25) is 0 Å². The van der Waals surface area contributed by atoms with Gasteiger partial charge in [0.2, 0.25) is 0 Å². The van der Waals surface area contributed by atoms with Crippen molar-refractivity contribution in [2.75, 3.05) is 5.75 Å². The van der Waals surface area contributed by atoms with Gasteiger partial charge >= 0.3 is 0 Å². The molecule has 1 aromatic carbocycles. The van der Waals surface area contributed by atoms with E-state index < -0.39 is 0 Å². The van der Waals surface area contributed by atoms with E-state index in [1.807, 2.05) is 12.1 Å². The molecule has 0 bridgehead atoms. The molecule has 1 aliphatic carbocycles. The number of benzene rings is 1. The lowest BCUT2D eigenvalue weighted by Crippen LogP contribution is -2.35. The van der Waals surface area contributed by atoms with Crippen LogP contribution >= 0.6 is 11.8 Å². The normalized spacial score (nSPS) is 25.2. The zero-order chi connectivity index (χ0) is 13.7. The Balaban J connectivity index is 1.80. The summed E-state index contributed by atoms with van der Waals surface area (Å²) in [5.74, 6) is 2.31. The molecular formula is C16H24FNS. The molecule has 0 saturated heterocycles. The number of rotatable bonds is 5. The molecule has 0 spiro atoms. The van der Waals surface area contributed by atoms with Gasteiger partial charge in [-0.15, -0.1) is 11.8 Å². The van der Waals surface area contributed by atoms with Gasteiger partial charge in [-0.3, -0.25) is 0 Å². The van der Waals surface area contributed by atoms with Crippen molar-refractivity contribution in [2.45, 2.75) is 50.0 Å². The Labute approximate surface area is 120 Å². The molecule has 1 nitrogen and oxygen atoms in total. The van der Waals surface area contributed by atoms with Crippen LogP contribution in [-0.4, -0.2) is 11.8 Å². The quantitative estimate of drug-likeness (QED) is 0.806. The third-order valence-corrected chi connectivity index (χ3v) is 5.42. The fourth-order valence-corrected chi connectivity index (χ4v) is 3.94. The van der Waals surface area contributed by atoms with E-state index in [1.54, 1.807) is 11.8 Å². The molecule has 1 aromatic rings. The van der Waals surface area contributed by atoms with Gasteiger partial charge < -0.3 is 5.73 Å². The minimum absolute atomic E-state index is 0.174. The largest absolute Gasteiger partial charge is 0.327 e. The SMILES string of the molecule is CCC1CCCC(C(N)CSc2ccc(F)cc2)C1. The zero-order valence-electron chi connectivity index (χ0n) is 11.6. The molecular weight excluding hydrogens is 257 g/mol. The molecule has 106 valence electrons. The fourth-order valence-electron chi connectivity index (χ4n) is 2.95. The maximum atomic E-state index is 12.8. The summed E-state index contributed by atoms with van der Waals surface area (Å²) in [5, 5.41) is 0. The third-order valence-electron chi connectivity index (χ3n) is 4.26. The van der Waals surface area contributed by atoms with E-state index in [2.05, 4.69) is 6.92 Å². The van der Waals surface area contributed by atoms with E-state index in [9.17, 15) is 4.39 Å². The summed E-state index contributed by atoms with van der Waals surface area (Å²) in [6.45, 7) is 2.28. The molecule has 0 aromatic heterocycles. The fraction of sp³-hybridized carbons (Fsp3) is 0.625. The van der Waals surface area contributed by atoms with Crippen molar-refractivity contribution in [1.29, 1.82) is 0 Å². The summed E-state index contributed by atoms with van der Waals surface area (Å²) in [5.41, 5.74) is 6.35. The lowest BCUT2D eigenvalue weighted by molar-refractivity contribution is 0.238. The van der Waals surface area contributed by atoms with Gasteiger partial charge in [-0.25, -0.2) is 4.39 Å². The summed E-state index contributed by atoms with van der Waals surface area (Å²) in [6.07, 6.45) is 6.57. The van der Waals surface area contributed by atoms with E-state index in [4.69, 9.17) is 5.73 Å². The maximum Gasteiger partial charge on any atom is 0.123 e. The highest BCUT2D eigenvalue weighted by Crippen LogP contribution is 2.33. The van der Waals surface area contributed by atoms with Gasteiger partial charge in [0, 0.05) is 16.7 Å². The van der Waals surface area contributed by atoms with Crippen molar-refractivity contribution >= 4 is 11.8 Å². The number of thioether (sulfide) groups is 1. The Morgan fingerprint density at radius 3 is 2.74 bits per heavy atom. The highest BCUT2D eigenvalue weighted by atomic mass is 32.2. The Kier molecular flexibility index (Phi) is 5.71. The van der Waals surface area contributed by atoms with Crippen molar-refractivity contribution in [3.8, 4) is 0 Å². The third kappa shape index (κ3) is 4.50. The van der Waals surface area contributed by atoms with Gasteiger partial charge in [0.15, 0.2) is 0 Å². The highest BCUT2D eigenvalue weighted by Gasteiger charge is 2.25. The monoisotopic (exact) mass is 281 g/mol. The first-order valence-corrected chi connectivity index (χ1v) is 8.31. The first-order valence-electron chi connectivity index (χ1n) is 7.33.